The summed E-state index contributed by atoms with van der Waals surface area (Å²) in [6, 6.07) is 2.85. The number of aromatic nitrogens is 2. The summed E-state index contributed by atoms with van der Waals surface area (Å²) in [5.41, 5.74) is 1.02. The molecule has 1 aromatic rings. The van der Waals surface area contributed by atoms with Gasteiger partial charge in [0.2, 0.25) is 5.91 Å². The van der Waals surface area contributed by atoms with E-state index in [1.807, 2.05) is 6.92 Å². The molecule has 1 amide bonds. The highest BCUT2D eigenvalue weighted by Crippen LogP contribution is 2.31. The van der Waals surface area contributed by atoms with Crippen LogP contribution in [0.4, 0.5) is 5.82 Å². The molecule has 1 saturated carbocycles. The number of rotatable bonds is 4. The van der Waals surface area contributed by atoms with Gasteiger partial charge in [-0.15, -0.1) is 0 Å². The lowest BCUT2D eigenvalue weighted by Crippen LogP contribution is -2.55. The zero-order valence-corrected chi connectivity index (χ0v) is 17.7. The topological polar surface area (TPSA) is 52.6 Å². The van der Waals surface area contributed by atoms with Crippen molar-refractivity contribution in [2.75, 3.05) is 37.6 Å². The quantitative estimate of drug-likeness (QED) is 0.798. The van der Waals surface area contributed by atoms with Crippen molar-refractivity contribution in [2.24, 2.45) is 0 Å². The Morgan fingerprint density at radius 3 is 2.39 bits per heavy atom. The molecule has 2 aliphatic heterocycles. The van der Waals surface area contributed by atoms with Gasteiger partial charge in [-0.3, -0.25) is 9.69 Å². The Kier molecular flexibility index (Phi) is 5.85. The Hall–Kier alpha value is -1.69. The monoisotopic (exact) mass is 385 g/mol. The molecule has 0 aromatic carbocycles. The molecule has 0 unspecified atom stereocenters. The van der Waals surface area contributed by atoms with Crippen molar-refractivity contribution in [3.63, 3.8) is 0 Å². The molecule has 0 radical (unpaired) electrons. The molecule has 3 heterocycles. The summed E-state index contributed by atoms with van der Waals surface area (Å²) in [4.78, 5) is 29.5. The first-order valence-corrected chi connectivity index (χ1v) is 11.2. The van der Waals surface area contributed by atoms with E-state index in [0.29, 0.717) is 17.9 Å². The lowest BCUT2D eigenvalue weighted by atomic mass is 10.1. The van der Waals surface area contributed by atoms with Gasteiger partial charge in [-0.25, -0.2) is 9.97 Å². The average Bonchev–Trinajstić information content (AvgIpc) is 3.38. The molecular weight excluding hydrogens is 350 g/mol. The average molecular weight is 386 g/mol. The van der Waals surface area contributed by atoms with Gasteiger partial charge in [-0.1, -0.05) is 26.7 Å². The molecule has 0 N–H and O–H groups in total. The molecular formula is C22H35N5O. The summed E-state index contributed by atoms with van der Waals surface area (Å²) in [7, 11) is 0. The summed E-state index contributed by atoms with van der Waals surface area (Å²) in [5, 5.41) is 0. The highest BCUT2D eigenvalue weighted by Gasteiger charge is 2.39. The van der Waals surface area contributed by atoms with Crippen molar-refractivity contribution in [1.82, 2.24) is 19.8 Å². The Morgan fingerprint density at radius 2 is 1.71 bits per heavy atom. The second kappa shape index (κ2) is 8.36. The maximum Gasteiger partial charge on any atom is 0.240 e. The van der Waals surface area contributed by atoms with Gasteiger partial charge in [0, 0.05) is 49.9 Å². The van der Waals surface area contributed by atoms with E-state index in [2.05, 4.69) is 39.6 Å². The van der Waals surface area contributed by atoms with E-state index in [1.165, 1.54) is 32.1 Å². The van der Waals surface area contributed by atoms with Gasteiger partial charge in [0.05, 0.1) is 6.04 Å². The van der Waals surface area contributed by atoms with Crippen LogP contribution in [-0.2, 0) is 4.79 Å². The fourth-order valence-corrected chi connectivity index (χ4v) is 5.09. The lowest BCUT2D eigenvalue weighted by Gasteiger charge is -2.39. The SMILES string of the molecule is Cc1cc(N2CCN(C(=O)[C@@H]3CCCN3C3CCCC3)CC2)nc(C(C)C)n1. The molecule has 6 heteroatoms. The number of carbonyl (C=O) groups excluding carboxylic acids is 1. The number of aryl methyl sites for hydroxylation is 1. The van der Waals surface area contributed by atoms with E-state index >= 15 is 0 Å². The van der Waals surface area contributed by atoms with Crippen LogP contribution >= 0.6 is 0 Å². The molecule has 1 aromatic heterocycles. The molecule has 154 valence electrons. The fourth-order valence-electron chi connectivity index (χ4n) is 5.09. The summed E-state index contributed by atoms with van der Waals surface area (Å²) in [5.74, 6) is 2.61. The first-order chi connectivity index (χ1) is 13.5. The predicted molar refractivity (Wildman–Crippen MR) is 112 cm³/mol. The maximum absolute atomic E-state index is 13.2. The maximum atomic E-state index is 13.2. The van der Waals surface area contributed by atoms with Gasteiger partial charge in [-0.2, -0.15) is 0 Å². The molecule has 0 spiro atoms. The zero-order chi connectivity index (χ0) is 19.7. The predicted octanol–water partition coefficient (Wildman–Crippen LogP) is 2.96. The molecule has 2 saturated heterocycles. The Bertz CT molecular complexity index is 692. The smallest absolute Gasteiger partial charge is 0.240 e. The van der Waals surface area contributed by atoms with Gasteiger partial charge >= 0.3 is 0 Å². The molecule has 4 rings (SSSR count). The molecule has 1 atom stereocenters. The molecule has 28 heavy (non-hydrogen) atoms. The molecule has 6 nitrogen and oxygen atoms in total. The van der Waals surface area contributed by atoms with Gasteiger partial charge in [0.1, 0.15) is 11.6 Å². The van der Waals surface area contributed by atoms with Gasteiger partial charge < -0.3 is 9.80 Å². The van der Waals surface area contributed by atoms with Crippen molar-refractivity contribution in [1.29, 1.82) is 0 Å². The van der Waals surface area contributed by atoms with Crippen molar-refractivity contribution < 1.29 is 4.79 Å². The molecule has 3 aliphatic rings. The fraction of sp³-hybridized carbons (Fsp3) is 0.773. The third kappa shape index (κ3) is 4.02. The summed E-state index contributed by atoms with van der Waals surface area (Å²) in [6.07, 6.45) is 7.43. The van der Waals surface area contributed by atoms with E-state index in [0.717, 1.165) is 56.5 Å². The number of likely N-dealkylation sites (tertiary alicyclic amines) is 1. The Labute approximate surface area is 169 Å². The van der Waals surface area contributed by atoms with Gasteiger partial charge in [0.15, 0.2) is 0 Å². The van der Waals surface area contributed by atoms with Gasteiger partial charge in [0.25, 0.3) is 0 Å². The Morgan fingerprint density at radius 1 is 1.00 bits per heavy atom. The first-order valence-electron chi connectivity index (χ1n) is 11.2. The van der Waals surface area contributed by atoms with E-state index < -0.39 is 0 Å². The summed E-state index contributed by atoms with van der Waals surface area (Å²) >= 11 is 0. The highest BCUT2D eigenvalue weighted by molar-refractivity contribution is 5.82. The van der Waals surface area contributed by atoms with Crippen LogP contribution in [0, 0.1) is 6.92 Å². The van der Waals surface area contributed by atoms with Crippen molar-refractivity contribution in [3.8, 4) is 0 Å². The molecule has 3 fully saturated rings. The number of anilines is 1. The number of piperazine rings is 1. The van der Waals surface area contributed by atoms with E-state index in [9.17, 15) is 4.79 Å². The Balaban J connectivity index is 1.38. The number of hydrogen-bond donors (Lipinski definition) is 0. The summed E-state index contributed by atoms with van der Waals surface area (Å²) in [6.45, 7) is 10.7. The van der Waals surface area contributed by atoms with Crippen LogP contribution in [0.1, 0.15) is 69.8 Å². The van der Waals surface area contributed by atoms with Crippen LogP contribution in [0.5, 0.6) is 0 Å². The second-order valence-corrected chi connectivity index (χ2v) is 9.03. The van der Waals surface area contributed by atoms with Crippen molar-refractivity contribution in [2.45, 2.75) is 77.3 Å². The van der Waals surface area contributed by atoms with Crippen LogP contribution < -0.4 is 4.90 Å². The summed E-state index contributed by atoms with van der Waals surface area (Å²) < 4.78 is 0. The van der Waals surface area contributed by atoms with Crippen molar-refractivity contribution >= 4 is 11.7 Å². The minimum absolute atomic E-state index is 0.128. The number of amides is 1. The zero-order valence-electron chi connectivity index (χ0n) is 17.7. The van der Waals surface area contributed by atoms with Crippen LogP contribution in [0.2, 0.25) is 0 Å². The van der Waals surface area contributed by atoms with E-state index in [4.69, 9.17) is 4.98 Å². The van der Waals surface area contributed by atoms with Crippen LogP contribution in [0.3, 0.4) is 0 Å². The lowest BCUT2D eigenvalue weighted by molar-refractivity contribution is -0.137. The standard InChI is InChI=1S/C22H35N5O/c1-16(2)21-23-17(3)15-20(24-21)25-11-13-26(14-12-25)22(28)19-9-6-10-27(19)18-7-4-5-8-18/h15-16,18-19H,4-14H2,1-3H3/t19-/m0/s1. The minimum Gasteiger partial charge on any atom is -0.353 e. The van der Waals surface area contributed by atoms with Crippen LogP contribution in [0.25, 0.3) is 0 Å². The van der Waals surface area contributed by atoms with Gasteiger partial charge in [-0.05, 0) is 39.2 Å². The highest BCUT2D eigenvalue weighted by atomic mass is 16.2. The molecule has 0 bridgehead atoms. The number of carbonyl (C=O) groups is 1. The normalized spacial score (nSPS) is 24.5. The first kappa shape index (κ1) is 19.6. The second-order valence-electron chi connectivity index (χ2n) is 9.03. The van der Waals surface area contributed by atoms with E-state index in [1.54, 1.807) is 0 Å². The molecule has 1 aliphatic carbocycles. The van der Waals surface area contributed by atoms with Crippen LogP contribution in [-0.4, -0.2) is 70.5 Å². The van der Waals surface area contributed by atoms with Crippen LogP contribution in [0.15, 0.2) is 6.07 Å². The minimum atomic E-state index is 0.128. The van der Waals surface area contributed by atoms with E-state index in [-0.39, 0.29) is 6.04 Å². The largest absolute Gasteiger partial charge is 0.353 e. The third-order valence-corrected chi connectivity index (χ3v) is 6.66. The number of hydrogen-bond acceptors (Lipinski definition) is 5. The van der Waals surface area contributed by atoms with Crippen molar-refractivity contribution in [3.05, 3.63) is 17.6 Å². The number of nitrogens with zero attached hydrogens (tertiary/aromatic N) is 5. The third-order valence-electron chi connectivity index (χ3n) is 6.66.